The number of hydrogen-bond acceptors (Lipinski definition) is 3. The number of hydrogen-bond donors (Lipinski definition) is 1. The van der Waals surface area contributed by atoms with E-state index in [1.807, 2.05) is 0 Å². The van der Waals surface area contributed by atoms with Crippen molar-refractivity contribution in [1.82, 2.24) is 0 Å². The van der Waals surface area contributed by atoms with Gasteiger partial charge in [0.25, 0.3) is 0 Å². The molecule has 1 rings (SSSR count). The minimum Gasteiger partial charge on any atom is -0.466 e. The first-order valence-electron chi connectivity index (χ1n) is 5.06. The van der Waals surface area contributed by atoms with Gasteiger partial charge in [0.05, 0.1) is 18.6 Å². The molecule has 2 N–H and O–H groups in total. The van der Waals surface area contributed by atoms with Gasteiger partial charge < -0.3 is 10.5 Å². The van der Waals surface area contributed by atoms with E-state index in [0.29, 0.717) is 5.56 Å². The summed E-state index contributed by atoms with van der Waals surface area (Å²) in [5.41, 5.74) is 4.35. The summed E-state index contributed by atoms with van der Waals surface area (Å²) in [6, 6.07) is 1.99. The number of esters is 1. The molecule has 0 saturated heterocycles. The van der Waals surface area contributed by atoms with E-state index in [9.17, 15) is 18.0 Å². The maximum absolute atomic E-state index is 12.6. The monoisotopic (exact) mass is 325 g/mol. The fourth-order valence-corrected chi connectivity index (χ4v) is 1.87. The second-order valence-corrected chi connectivity index (χ2v) is 4.36. The molecule has 3 nitrogen and oxygen atoms in total. The largest absolute Gasteiger partial charge is 0.466 e. The fraction of sp³-hybridized carbons (Fsp3) is 0.364. The molecule has 0 fully saturated rings. The van der Waals surface area contributed by atoms with Crippen molar-refractivity contribution in [2.24, 2.45) is 0 Å². The van der Waals surface area contributed by atoms with Crippen molar-refractivity contribution in [3.05, 3.63) is 27.7 Å². The van der Waals surface area contributed by atoms with Crippen molar-refractivity contribution in [1.29, 1.82) is 0 Å². The molecule has 1 aromatic rings. The number of carbonyl (C=O) groups excluding carboxylic acids is 1. The van der Waals surface area contributed by atoms with Crippen LogP contribution in [0.25, 0.3) is 0 Å². The third-order valence-corrected chi connectivity index (χ3v) is 2.90. The number of nitrogens with two attached hydrogens (primary N) is 1. The third kappa shape index (κ3) is 3.63. The number of alkyl halides is 3. The maximum Gasteiger partial charge on any atom is 0.418 e. The predicted octanol–water partition coefficient (Wildman–Crippen LogP) is 3.16. The average molecular weight is 326 g/mol. The molecule has 0 spiro atoms. The van der Waals surface area contributed by atoms with Crippen LogP contribution in [0.3, 0.4) is 0 Å². The van der Waals surface area contributed by atoms with Crippen LogP contribution in [-0.2, 0) is 22.1 Å². The minimum absolute atomic E-state index is 0.128. The first kappa shape index (κ1) is 14.8. The van der Waals surface area contributed by atoms with Crippen molar-refractivity contribution in [2.45, 2.75) is 19.5 Å². The van der Waals surface area contributed by atoms with Gasteiger partial charge >= 0.3 is 12.1 Å². The van der Waals surface area contributed by atoms with Crippen LogP contribution in [0.15, 0.2) is 16.6 Å². The topological polar surface area (TPSA) is 52.3 Å². The van der Waals surface area contributed by atoms with E-state index in [4.69, 9.17) is 10.5 Å². The van der Waals surface area contributed by atoms with Gasteiger partial charge in [0, 0.05) is 10.2 Å². The van der Waals surface area contributed by atoms with Crippen LogP contribution < -0.4 is 5.73 Å². The Labute approximate surface area is 110 Å². The van der Waals surface area contributed by atoms with E-state index in [2.05, 4.69) is 15.9 Å². The Bertz CT molecular complexity index is 460. The van der Waals surface area contributed by atoms with Crippen LogP contribution in [0.5, 0.6) is 0 Å². The smallest absolute Gasteiger partial charge is 0.418 e. The Kier molecular flexibility index (Phi) is 4.61. The summed E-state index contributed by atoms with van der Waals surface area (Å²) in [5.74, 6) is -0.516. The Morgan fingerprint density at radius 2 is 2.06 bits per heavy atom. The minimum atomic E-state index is -4.52. The van der Waals surface area contributed by atoms with E-state index >= 15 is 0 Å². The third-order valence-electron chi connectivity index (χ3n) is 2.16. The zero-order valence-corrected chi connectivity index (χ0v) is 11.1. The lowest BCUT2D eigenvalue weighted by atomic mass is 10.1. The highest BCUT2D eigenvalue weighted by Gasteiger charge is 2.33. The molecular weight excluding hydrogens is 315 g/mol. The van der Waals surface area contributed by atoms with Crippen molar-refractivity contribution in [2.75, 3.05) is 12.3 Å². The number of halogens is 4. The van der Waals surface area contributed by atoms with Gasteiger partial charge in [-0.2, -0.15) is 13.2 Å². The van der Waals surface area contributed by atoms with E-state index in [1.165, 1.54) is 0 Å². The molecule has 0 heterocycles. The summed E-state index contributed by atoms with van der Waals surface area (Å²) in [4.78, 5) is 11.3. The standard InChI is InChI=1S/C11H11BrF3NO2/c1-2-18-10(17)4-6-3-9(16)7(5-8(6)12)11(13,14)15/h3,5H,2,4,16H2,1H3. The number of ether oxygens (including phenoxy) is 1. The maximum atomic E-state index is 12.6. The molecule has 0 aliphatic rings. The van der Waals surface area contributed by atoms with E-state index in [1.54, 1.807) is 6.92 Å². The fourth-order valence-electron chi connectivity index (χ4n) is 1.39. The van der Waals surface area contributed by atoms with Gasteiger partial charge in [-0.05, 0) is 24.6 Å². The van der Waals surface area contributed by atoms with Crippen LogP contribution in [0.2, 0.25) is 0 Å². The molecule has 0 amide bonds. The van der Waals surface area contributed by atoms with Gasteiger partial charge in [0.2, 0.25) is 0 Å². The zero-order valence-electron chi connectivity index (χ0n) is 9.47. The molecule has 0 aliphatic carbocycles. The summed E-state index contributed by atoms with van der Waals surface area (Å²) in [5, 5.41) is 0. The van der Waals surface area contributed by atoms with Gasteiger partial charge in [0.1, 0.15) is 0 Å². The van der Waals surface area contributed by atoms with Gasteiger partial charge in [-0.15, -0.1) is 0 Å². The molecule has 0 aliphatic heterocycles. The highest BCUT2D eigenvalue weighted by Crippen LogP contribution is 2.36. The number of nitrogen functional groups attached to an aromatic ring is 1. The molecular formula is C11H11BrF3NO2. The van der Waals surface area contributed by atoms with Gasteiger partial charge in [-0.1, -0.05) is 15.9 Å². The molecule has 0 bridgehead atoms. The molecule has 18 heavy (non-hydrogen) atoms. The van der Waals surface area contributed by atoms with Crippen LogP contribution >= 0.6 is 15.9 Å². The lowest BCUT2D eigenvalue weighted by molar-refractivity contribution is -0.142. The first-order chi connectivity index (χ1) is 8.25. The first-order valence-corrected chi connectivity index (χ1v) is 5.85. The second-order valence-electron chi connectivity index (χ2n) is 3.51. The zero-order chi connectivity index (χ0) is 13.9. The molecule has 1 aromatic carbocycles. The Morgan fingerprint density at radius 3 is 2.56 bits per heavy atom. The Hall–Kier alpha value is -1.24. The highest BCUT2D eigenvalue weighted by molar-refractivity contribution is 9.10. The van der Waals surface area contributed by atoms with Gasteiger partial charge in [-0.25, -0.2) is 0 Å². The normalized spacial score (nSPS) is 11.4. The summed E-state index contributed by atoms with van der Waals surface area (Å²) < 4.78 is 42.5. The lowest BCUT2D eigenvalue weighted by Gasteiger charge is -2.13. The summed E-state index contributed by atoms with van der Waals surface area (Å²) in [6.07, 6.45) is -4.65. The van der Waals surface area contributed by atoms with Crippen LogP contribution in [-0.4, -0.2) is 12.6 Å². The van der Waals surface area contributed by atoms with E-state index in [-0.39, 0.29) is 17.5 Å². The SMILES string of the molecule is CCOC(=O)Cc1cc(N)c(C(F)(F)F)cc1Br. The summed E-state index contributed by atoms with van der Waals surface area (Å²) in [6.45, 7) is 1.86. The van der Waals surface area contributed by atoms with Crippen molar-refractivity contribution in [3.8, 4) is 0 Å². The molecule has 0 aromatic heterocycles. The van der Waals surface area contributed by atoms with Gasteiger partial charge in [0.15, 0.2) is 0 Å². The number of carbonyl (C=O) groups is 1. The molecule has 0 unspecified atom stereocenters. The number of rotatable bonds is 3. The van der Waals surface area contributed by atoms with Crippen molar-refractivity contribution in [3.63, 3.8) is 0 Å². The van der Waals surface area contributed by atoms with Crippen molar-refractivity contribution >= 4 is 27.6 Å². The Morgan fingerprint density at radius 1 is 1.44 bits per heavy atom. The predicted molar refractivity (Wildman–Crippen MR) is 63.9 cm³/mol. The second kappa shape index (κ2) is 5.60. The average Bonchev–Trinajstić information content (AvgIpc) is 2.21. The van der Waals surface area contributed by atoms with Crippen LogP contribution in [0.4, 0.5) is 18.9 Å². The number of anilines is 1. The van der Waals surface area contributed by atoms with Crippen LogP contribution in [0.1, 0.15) is 18.1 Å². The van der Waals surface area contributed by atoms with Crippen molar-refractivity contribution < 1.29 is 22.7 Å². The molecule has 0 saturated carbocycles. The van der Waals surface area contributed by atoms with Gasteiger partial charge in [-0.3, -0.25) is 4.79 Å². The van der Waals surface area contributed by atoms with E-state index in [0.717, 1.165) is 12.1 Å². The molecule has 7 heteroatoms. The molecule has 0 radical (unpaired) electrons. The lowest BCUT2D eigenvalue weighted by Crippen LogP contribution is -2.12. The highest BCUT2D eigenvalue weighted by atomic mass is 79.9. The Balaban J connectivity index is 3.04. The quantitative estimate of drug-likeness (QED) is 0.686. The number of benzene rings is 1. The summed E-state index contributed by atoms with van der Waals surface area (Å²) in [7, 11) is 0. The molecule has 0 atom stereocenters. The molecule has 100 valence electrons. The summed E-state index contributed by atoms with van der Waals surface area (Å²) >= 11 is 2.99. The van der Waals surface area contributed by atoms with Crippen LogP contribution in [0, 0.1) is 0 Å². The van der Waals surface area contributed by atoms with E-state index < -0.39 is 23.4 Å².